The number of piperazine rings is 2. The maximum absolute atomic E-state index is 14.1. The van der Waals surface area contributed by atoms with E-state index in [1.54, 1.807) is 89.7 Å². The van der Waals surface area contributed by atoms with Gasteiger partial charge in [0.2, 0.25) is 11.8 Å². The first-order chi connectivity index (χ1) is 35.6. The maximum Gasteiger partial charge on any atom is 0.433 e. The predicted molar refractivity (Wildman–Crippen MR) is 265 cm³/mol. The van der Waals surface area contributed by atoms with Gasteiger partial charge in [0.15, 0.2) is 0 Å². The van der Waals surface area contributed by atoms with E-state index in [2.05, 4.69) is 29.9 Å². The summed E-state index contributed by atoms with van der Waals surface area (Å²) in [6, 6.07) is 4.95. The van der Waals surface area contributed by atoms with Gasteiger partial charge in [0.05, 0.1) is 39.4 Å². The highest BCUT2D eigenvalue weighted by molar-refractivity contribution is 5.91. The zero-order chi connectivity index (χ0) is 55.7. The Morgan fingerprint density at radius 2 is 0.921 bits per heavy atom. The molecular weight excluding hydrogens is 1010 g/mol. The number of carbonyl (C=O) groups excluding carboxylic acids is 2. The highest BCUT2D eigenvalue weighted by Crippen LogP contribution is 2.35. The van der Waals surface area contributed by atoms with E-state index in [0.29, 0.717) is 38.9 Å². The Morgan fingerprint density at radius 3 is 1.22 bits per heavy atom. The van der Waals surface area contributed by atoms with Crippen LogP contribution in [0, 0.1) is 0 Å². The Labute approximate surface area is 436 Å². The van der Waals surface area contributed by atoms with Crippen molar-refractivity contribution in [3.05, 3.63) is 92.8 Å². The summed E-state index contributed by atoms with van der Waals surface area (Å²) in [5.74, 6) is -1.26. The molecule has 20 nitrogen and oxygen atoms in total. The molecule has 0 unspecified atom stereocenters. The molecule has 0 N–H and O–H groups in total. The number of hydroxylamine groups is 6. The summed E-state index contributed by atoms with van der Waals surface area (Å²) in [5, 5.41) is 0. The summed E-state index contributed by atoms with van der Waals surface area (Å²) < 4.78 is 97.4. The molecule has 0 atom stereocenters. The minimum absolute atomic E-state index is 0.00959. The Balaban J connectivity index is 1.19. The molecule has 0 amide bonds. The van der Waals surface area contributed by atoms with Crippen LogP contribution < -0.4 is 30.7 Å². The third kappa shape index (κ3) is 15.9. The molecular formula is C50H68F6N12O8+2. The van der Waals surface area contributed by atoms with Crippen LogP contribution in [-0.2, 0) is 55.5 Å². The van der Waals surface area contributed by atoms with E-state index in [1.165, 1.54) is 9.13 Å². The van der Waals surface area contributed by atoms with E-state index >= 15 is 0 Å². The lowest BCUT2D eigenvalue weighted by Crippen LogP contribution is -2.61. The van der Waals surface area contributed by atoms with Crippen LogP contribution in [0.2, 0.25) is 0 Å². The molecule has 2 aliphatic heterocycles. The number of hydrogen-bond acceptors (Lipinski definition) is 16. The molecule has 416 valence electrons. The number of carbonyl (C=O) groups is 2. The SMILES string of the molecule is CCOc1ccn(CCCC[N+]2(OC(=O)/C=C/C(=O)O[N+]3(CCCCn4ccc(OCC)nc4=O)CCN(c4cc(C(F)(F)F)nc(C(C)(C)C)n4)CC3)CCN(c3cc(C(F)(F)F)nc(C(C)(C)C)n3)CC2)c(=O)n1. The fourth-order valence-electron chi connectivity index (χ4n) is 8.56. The number of nitrogens with zero attached hydrogens (tertiary/aromatic N) is 12. The Morgan fingerprint density at radius 1 is 0.566 bits per heavy atom. The van der Waals surface area contributed by atoms with Crippen molar-refractivity contribution in [1.29, 1.82) is 0 Å². The van der Waals surface area contributed by atoms with E-state index in [0.717, 1.165) is 24.3 Å². The highest BCUT2D eigenvalue weighted by atomic mass is 19.4. The summed E-state index contributed by atoms with van der Waals surface area (Å²) in [6.45, 7) is 16.5. The molecule has 2 fully saturated rings. The van der Waals surface area contributed by atoms with Gasteiger partial charge in [-0.3, -0.25) is 18.8 Å². The zero-order valence-electron chi connectivity index (χ0n) is 44.2. The first-order valence-electron chi connectivity index (χ1n) is 25.3. The minimum Gasteiger partial charge on any atom is -0.478 e. The van der Waals surface area contributed by atoms with Crippen LogP contribution in [0.5, 0.6) is 11.8 Å². The van der Waals surface area contributed by atoms with Gasteiger partial charge < -0.3 is 19.3 Å². The van der Waals surface area contributed by atoms with Crippen molar-refractivity contribution in [3.8, 4) is 11.8 Å². The number of unbranched alkanes of at least 4 members (excludes halogenated alkanes) is 2. The second kappa shape index (κ2) is 24.1. The number of alkyl halides is 6. The lowest BCUT2D eigenvalue weighted by atomic mass is 9.95. The second-order valence-electron chi connectivity index (χ2n) is 20.7. The summed E-state index contributed by atoms with van der Waals surface area (Å²) in [7, 11) is 0. The number of aromatic nitrogens is 8. The molecule has 6 rings (SSSR count). The predicted octanol–water partition coefficient (Wildman–Crippen LogP) is 6.22. The van der Waals surface area contributed by atoms with E-state index < -0.39 is 57.9 Å². The van der Waals surface area contributed by atoms with Crippen LogP contribution in [0.25, 0.3) is 0 Å². The van der Waals surface area contributed by atoms with Gasteiger partial charge in [-0.2, -0.15) is 36.3 Å². The third-order valence-electron chi connectivity index (χ3n) is 12.7. The molecule has 2 aliphatic rings. The molecule has 6 heterocycles. The van der Waals surface area contributed by atoms with Crippen molar-refractivity contribution in [2.45, 2.75) is 117 Å². The van der Waals surface area contributed by atoms with Crippen LogP contribution in [-0.4, -0.2) is 139 Å². The number of hydrogen-bond donors (Lipinski definition) is 0. The van der Waals surface area contributed by atoms with Crippen LogP contribution in [0.15, 0.2) is 58.4 Å². The Bertz CT molecular complexity index is 2540. The molecule has 76 heavy (non-hydrogen) atoms. The van der Waals surface area contributed by atoms with E-state index in [1.807, 2.05) is 0 Å². The van der Waals surface area contributed by atoms with Crippen LogP contribution in [0.4, 0.5) is 38.0 Å². The quantitative estimate of drug-likeness (QED) is 0.0418. The topological polar surface area (TPSA) is 199 Å². The maximum atomic E-state index is 14.1. The van der Waals surface area contributed by atoms with Gasteiger partial charge in [0, 0.05) is 85.6 Å². The van der Waals surface area contributed by atoms with E-state index in [-0.39, 0.29) is 123 Å². The number of rotatable bonds is 20. The van der Waals surface area contributed by atoms with Crippen molar-refractivity contribution in [2.24, 2.45) is 0 Å². The monoisotopic (exact) mass is 1080 g/mol. The van der Waals surface area contributed by atoms with Gasteiger partial charge in [0.1, 0.15) is 73.9 Å². The smallest absolute Gasteiger partial charge is 0.433 e. The largest absolute Gasteiger partial charge is 0.478 e. The van der Waals surface area contributed by atoms with Crippen molar-refractivity contribution in [3.63, 3.8) is 0 Å². The number of ether oxygens (including phenoxy) is 2. The molecule has 0 bridgehead atoms. The lowest BCUT2D eigenvalue weighted by Gasteiger charge is -2.42. The van der Waals surface area contributed by atoms with Gasteiger partial charge in [-0.15, -0.1) is 9.29 Å². The van der Waals surface area contributed by atoms with E-state index in [4.69, 9.17) is 19.1 Å². The second-order valence-corrected chi connectivity index (χ2v) is 20.7. The van der Waals surface area contributed by atoms with Crippen molar-refractivity contribution < 1.29 is 64.4 Å². The van der Waals surface area contributed by atoms with Crippen molar-refractivity contribution >= 4 is 23.6 Å². The number of aryl methyl sites for hydroxylation is 2. The van der Waals surface area contributed by atoms with Crippen LogP contribution >= 0.6 is 0 Å². The lowest BCUT2D eigenvalue weighted by molar-refractivity contribution is -1.09. The molecule has 2 saturated heterocycles. The van der Waals surface area contributed by atoms with Gasteiger partial charge >= 0.3 is 35.7 Å². The molecule has 4 aromatic rings. The molecule has 0 spiro atoms. The summed E-state index contributed by atoms with van der Waals surface area (Å²) in [6.07, 6.45) is -2.68. The molecule has 4 aromatic heterocycles. The van der Waals surface area contributed by atoms with Crippen molar-refractivity contribution in [1.82, 2.24) is 39.0 Å². The number of quaternary nitrogens is 2. The van der Waals surface area contributed by atoms with Gasteiger partial charge in [0.25, 0.3) is 0 Å². The average Bonchev–Trinajstić information content (AvgIpc) is 3.34. The first kappa shape index (κ1) is 58.6. The summed E-state index contributed by atoms with van der Waals surface area (Å²) in [5.41, 5.74) is -4.79. The standard InChI is InChI=1S/C50H68F6N12O8/c1-9-73-39-17-21-65(45(71)61-39)19-11-13-27-67(29-23-63(24-30-67)37-33-35(49(51,52)53)57-43(59-37)47(3,4)5)75-41(69)15-16-42(70)76-68(28-14-12-20-66-22-18-40(74-10-2)62-46(66)72)31-25-64(26-32-68)38-34-36(50(54,55)56)58-44(60-38)48(6,7)8/h15-18,21-22,33-34H,9-14,19-20,23-32H2,1-8H3/q+2/b16-15+. The summed E-state index contributed by atoms with van der Waals surface area (Å²) >= 11 is 0. The fourth-order valence-corrected chi connectivity index (χ4v) is 8.56. The minimum atomic E-state index is -4.73. The normalized spacial score (nSPS) is 16.2. The Kier molecular flexibility index (Phi) is 18.6. The molecule has 0 aliphatic carbocycles. The number of anilines is 2. The van der Waals surface area contributed by atoms with Crippen molar-refractivity contribution in [2.75, 3.05) is 88.5 Å². The van der Waals surface area contributed by atoms with Crippen LogP contribution in [0.3, 0.4) is 0 Å². The Hall–Kier alpha value is -6.70. The van der Waals surface area contributed by atoms with Gasteiger partial charge in [-0.05, 0) is 26.7 Å². The molecule has 0 aromatic carbocycles. The van der Waals surface area contributed by atoms with Crippen LogP contribution in [0.1, 0.15) is 104 Å². The molecule has 0 radical (unpaired) electrons. The van der Waals surface area contributed by atoms with Gasteiger partial charge in [-0.25, -0.2) is 39.1 Å². The third-order valence-corrected chi connectivity index (χ3v) is 12.7. The average molecular weight is 1080 g/mol. The molecule has 26 heteroatoms. The number of halogens is 6. The highest BCUT2D eigenvalue weighted by Gasteiger charge is 2.42. The first-order valence-corrected chi connectivity index (χ1v) is 25.3. The summed E-state index contributed by atoms with van der Waals surface area (Å²) in [4.78, 5) is 92.9. The molecule has 0 saturated carbocycles. The zero-order valence-corrected chi connectivity index (χ0v) is 44.2. The van der Waals surface area contributed by atoms with E-state index in [9.17, 15) is 45.5 Å². The fraction of sp³-hybridized carbons (Fsp3) is 0.600. The van der Waals surface area contributed by atoms with Gasteiger partial charge in [-0.1, -0.05) is 41.5 Å².